The largest absolute Gasteiger partial charge is 0.496 e. The number of nitrogens with two attached hydrogens (primary N) is 1. The molecule has 1 aromatic carbocycles. The number of aryl methyl sites for hydroxylation is 2. The lowest BCUT2D eigenvalue weighted by atomic mass is 9.93. The van der Waals surface area contributed by atoms with Crippen LogP contribution >= 0.6 is 0 Å². The van der Waals surface area contributed by atoms with E-state index < -0.39 is 0 Å². The number of rotatable bonds is 4. The van der Waals surface area contributed by atoms with Crippen LogP contribution < -0.4 is 10.5 Å². The van der Waals surface area contributed by atoms with Crippen LogP contribution in [0.15, 0.2) is 18.3 Å². The highest BCUT2D eigenvalue weighted by atomic mass is 16.5. The molecule has 4 nitrogen and oxygen atoms in total. The molecule has 0 aliphatic carbocycles. The molecule has 0 saturated heterocycles. The minimum atomic E-state index is 0.396. The summed E-state index contributed by atoms with van der Waals surface area (Å²) in [5, 5.41) is 4.23. The van der Waals surface area contributed by atoms with Crippen LogP contribution in [0.4, 0.5) is 5.82 Å². The van der Waals surface area contributed by atoms with Gasteiger partial charge in [-0.05, 0) is 41.2 Å². The van der Waals surface area contributed by atoms with Gasteiger partial charge in [0.25, 0.3) is 0 Å². The highest BCUT2D eigenvalue weighted by Crippen LogP contribution is 2.36. The maximum atomic E-state index is 6.09. The van der Waals surface area contributed by atoms with E-state index in [1.807, 2.05) is 13.2 Å². The minimum Gasteiger partial charge on any atom is -0.496 e. The second kappa shape index (κ2) is 5.57. The zero-order valence-electron chi connectivity index (χ0n) is 12.9. The van der Waals surface area contributed by atoms with Crippen LogP contribution in [-0.4, -0.2) is 16.9 Å². The third-order valence-electron chi connectivity index (χ3n) is 3.70. The molecule has 108 valence electrons. The van der Waals surface area contributed by atoms with Crippen LogP contribution in [0.25, 0.3) is 11.1 Å². The number of anilines is 1. The topological polar surface area (TPSA) is 53.1 Å². The monoisotopic (exact) mass is 273 g/mol. The Morgan fingerprint density at radius 3 is 2.50 bits per heavy atom. The molecule has 2 N–H and O–H groups in total. The lowest BCUT2D eigenvalue weighted by Gasteiger charge is -2.17. The molecule has 4 heteroatoms. The highest BCUT2D eigenvalue weighted by Gasteiger charge is 2.16. The zero-order chi connectivity index (χ0) is 14.9. The van der Waals surface area contributed by atoms with E-state index in [2.05, 4.69) is 38.0 Å². The van der Waals surface area contributed by atoms with Gasteiger partial charge >= 0.3 is 0 Å². The van der Waals surface area contributed by atoms with Crippen molar-refractivity contribution in [3.63, 3.8) is 0 Å². The Morgan fingerprint density at radius 2 is 2.05 bits per heavy atom. The maximum absolute atomic E-state index is 6.09. The predicted octanol–water partition coefficient (Wildman–Crippen LogP) is 3.36. The molecule has 0 amide bonds. The van der Waals surface area contributed by atoms with Gasteiger partial charge in [-0.3, -0.25) is 4.68 Å². The van der Waals surface area contributed by atoms with Gasteiger partial charge in [-0.1, -0.05) is 20.8 Å². The molecule has 0 fully saturated rings. The van der Waals surface area contributed by atoms with Gasteiger partial charge in [0.15, 0.2) is 0 Å². The number of aromatic nitrogens is 2. The van der Waals surface area contributed by atoms with E-state index in [1.54, 1.807) is 11.8 Å². The van der Waals surface area contributed by atoms with Crippen LogP contribution in [0.5, 0.6) is 5.75 Å². The van der Waals surface area contributed by atoms with Gasteiger partial charge in [0.2, 0.25) is 0 Å². The molecule has 2 rings (SSSR count). The number of hydrogen-bond donors (Lipinski definition) is 1. The van der Waals surface area contributed by atoms with E-state index in [0.717, 1.165) is 23.3 Å². The molecule has 0 spiro atoms. The summed E-state index contributed by atoms with van der Waals surface area (Å²) in [6.45, 7) is 6.49. The first-order valence-corrected chi connectivity index (χ1v) is 6.98. The van der Waals surface area contributed by atoms with Crippen molar-refractivity contribution >= 4 is 5.82 Å². The highest BCUT2D eigenvalue weighted by molar-refractivity contribution is 5.75. The standard InChI is InChI=1S/C16H23N3O/c1-6-11-7-12(14-9-18-19(4)16(14)17)8-13(10(2)3)15(11)20-5/h7-10H,6,17H2,1-5H3. The third-order valence-corrected chi connectivity index (χ3v) is 3.70. The first kappa shape index (κ1) is 14.4. The lowest BCUT2D eigenvalue weighted by molar-refractivity contribution is 0.403. The number of nitrogens with zero attached hydrogens (tertiary/aromatic N) is 2. The van der Waals surface area contributed by atoms with E-state index in [4.69, 9.17) is 10.5 Å². The van der Waals surface area contributed by atoms with E-state index in [0.29, 0.717) is 11.7 Å². The summed E-state index contributed by atoms with van der Waals surface area (Å²) in [5.74, 6) is 2.08. The van der Waals surface area contributed by atoms with Crippen molar-refractivity contribution in [2.45, 2.75) is 33.1 Å². The van der Waals surface area contributed by atoms with Crippen molar-refractivity contribution < 1.29 is 4.74 Å². The van der Waals surface area contributed by atoms with Crippen LogP contribution in [-0.2, 0) is 13.5 Å². The van der Waals surface area contributed by atoms with Crippen molar-refractivity contribution in [2.24, 2.45) is 7.05 Å². The summed E-state index contributed by atoms with van der Waals surface area (Å²) in [7, 11) is 3.59. The van der Waals surface area contributed by atoms with Crippen LogP contribution in [0.2, 0.25) is 0 Å². The van der Waals surface area contributed by atoms with Crippen molar-refractivity contribution in [1.82, 2.24) is 9.78 Å². The molecule has 0 atom stereocenters. The molecule has 1 aromatic heterocycles. The normalized spacial score (nSPS) is 11.1. The van der Waals surface area contributed by atoms with Crippen molar-refractivity contribution in [3.8, 4) is 16.9 Å². The van der Waals surface area contributed by atoms with Gasteiger partial charge in [0.1, 0.15) is 11.6 Å². The summed E-state index contributed by atoms with van der Waals surface area (Å²) >= 11 is 0. The lowest BCUT2D eigenvalue weighted by Crippen LogP contribution is -2.01. The number of hydrogen-bond acceptors (Lipinski definition) is 3. The predicted molar refractivity (Wildman–Crippen MR) is 83.1 cm³/mol. The summed E-state index contributed by atoms with van der Waals surface area (Å²) in [6, 6.07) is 4.31. The summed E-state index contributed by atoms with van der Waals surface area (Å²) in [4.78, 5) is 0. The average Bonchev–Trinajstić information content (AvgIpc) is 2.77. The molecule has 0 bridgehead atoms. The van der Waals surface area contributed by atoms with Gasteiger partial charge in [-0.2, -0.15) is 5.10 Å². The summed E-state index contributed by atoms with van der Waals surface area (Å²) in [5.41, 5.74) is 10.6. The first-order chi connectivity index (χ1) is 9.49. The van der Waals surface area contributed by atoms with Crippen LogP contribution in [0.1, 0.15) is 37.8 Å². The van der Waals surface area contributed by atoms with E-state index in [9.17, 15) is 0 Å². The Hall–Kier alpha value is -1.97. The first-order valence-electron chi connectivity index (χ1n) is 6.98. The molecule has 20 heavy (non-hydrogen) atoms. The quantitative estimate of drug-likeness (QED) is 0.929. The number of ether oxygens (including phenoxy) is 1. The minimum absolute atomic E-state index is 0.396. The average molecular weight is 273 g/mol. The number of nitrogen functional groups attached to an aromatic ring is 1. The molecule has 0 saturated carbocycles. The second-order valence-corrected chi connectivity index (χ2v) is 5.33. The molecular weight excluding hydrogens is 250 g/mol. The molecule has 1 heterocycles. The fraction of sp³-hybridized carbons (Fsp3) is 0.438. The van der Waals surface area contributed by atoms with Crippen LogP contribution in [0.3, 0.4) is 0 Å². The maximum Gasteiger partial charge on any atom is 0.129 e. The molecular formula is C16H23N3O. The fourth-order valence-electron chi connectivity index (χ4n) is 2.48. The van der Waals surface area contributed by atoms with Crippen LogP contribution in [0, 0.1) is 0 Å². The van der Waals surface area contributed by atoms with Crippen molar-refractivity contribution in [2.75, 3.05) is 12.8 Å². The van der Waals surface area contributed by atoms with E-state index in [-0.39, 0.29) is 0 Å². The molecule has 2 aromatic rings. The zero-order valence-corrected chi connectivity index (χ0v) is 12.9. The van der Waals surface area contributed by atoms with Gasteiger partial charge < -0.3 is 10.5 Å². The fourth-order valence-corrected chi connectivity index (χ4v) is 2.48. The Kier molecular flexibility index (Phi) is 4.02. The smallest absolute Gasteiger partial charge is 0.129 e. The Balaban J connectivity index is 2.66. The third kappa shape index (κ3) is 2.38. The summed E-state index contributed by atoms with van der Waals surface area (Å²) in [6.07, 6.45) is 2.75. The van der Waals surface area contributed by atoms with Crippen molar-refractivity contribution in [1.29, 1.82) is 0 Å². The number of benzene rings is 1. The molecule has 0 aliphatic heterocycles. The SMILES string of the molecule is CCc1cc(-c2cnn(C)c2N)cc(C(C)C)c1OC. The van der Waals surface area contributed by atoms with Gasteiger partial charge in [-0.15, -0.1) is 0 Å². The van der Waals surface area contributed by atoms with Gasteiger partial charge in [0, 0.05) is 12.6 Å². The Labute approximate surface area is 120 Å². The van der Waals surface area contributed by atoms with Gasteiger partial charge in [0.05, 0.1) is 13.3 Å². The molecule has 0 unspecified atom stereocenters. The van der Waals surface area contributed by atoms with E-state index >= 15 is 0 Å². The summed E-state index contributed by atoms with van der Waals surface area (Å²) < 4.78 is 7.30. The Bertz CT molecular complexity index is 614. The number of methoxy groups -OCH3 is 1. The Morgan fingerprint density at radius 1 is 1.35 bits per heavy atom. The molecule has 0 radical (unpaired) electrons. The second-order valence-electron chi connectivity index (χ2n) is 5.33. The molecule has 0 aliphatic rings. The van der Waals surface area contributed by atoms with Gasteiger partial charge in [-0.25, -0.2) is 0 Å². The van der Waals surface area contributed by atoms with E-state index in [1.165, 1.54) is 11.1 Å². The van der Waals surface area contributed by atoms with Crippen molar-refractivity contribution in [3.05, 3.63) is 29.5 Å².